The van der Waals surface area contributed by atoms with Crippen LogP contribution in [0, 0.1) is 3.57 Å². The molecule has 9 nitrogen and oxygen atoms in total. The molecule has 1 unspecified atom stereocenters. The molecule has 1 atom stereocenters. The monoisotopic (exact) mass is 541 g/mol. The summed E-state index contributed by atoms with van der Waals surface area (Å²) in [4.78, 5) is 22.6. The standard InChI is InChI=1S/C19H20IN5O4S/c1-11-4-3-5-24(11)13-6-12(7-14(8-13)30(28,29)21-2)16-9-22-18-17(23-16)15(20)10-25(18)19(26)27/h6-11,21H,3-5H2,1-2H3,(H,26,27). The number of rotatable bonds is 4. The van der Waals surface area contributed by atoms with E-state index in [0.717, 1.165) is 29.6 Å². The summed E-state index contributed by atoms with van der Waals surface area (Å²) in [6, 6.07) is 5.46. The van der Waals surface area contributed by atoms with Crippen molar-refractivity contribution in [1.82, 2.24) is 19.3 Å². The molecule has 0 radical (unpaired) electrons. The van der Waals surface area contributed by atoms with Gasteiger partial charge >= 0.3 is 6.09 Å². The van der Waals surface area contributed by atoms with Gasteiger partial charge in [0.2, 0.25) is 10.0 Å². The van der Waals surface area contributed by atoms with E-state index in [1.54, 1.807) is 12.1 Å². The number of carbonyl (C=O) groups is 1. The normalized spacial score (nSPS) is 17.0. The lowest BCUT2D eigenvalue weighted by Crippen LogP contribution is -2.27. The van der Waals surface area contributed by atoms with E-state index >= 15 is 0 Å². The Labute approximate surface area is 187 Å². The van der Waals surface area contributed by atoms with Gasteiger partial charge in [-0.25, -0.2) is 32.5 Å². The Hall–Kier alpha value is -2.25. The van der Waals surface area contributed by atoms with E-state index in [9.17, 15) is 18.3 Å². The predicted molar refractivity (Wildman–Crippen MR) is 121 cm³/mol. The number of sulfonamides is 1. The van der Waals surface area contributed by atoms with Gasteiger partial charge in [0.1, 0.15) is 5.52 Å². The summed E-state index contributed by atoms with van der Waals surface area (Å²) >= 11 is 2.01. The van der Waals surface area contributed by atoms with Crippen molar-refractivity contribution in [2.45, 2.75) is 30.7 Å². The molecular weight excluding hydrogens is 521 g/mol. The van der Waals surface area contributed by atoms with Crippen molar-refractivity contribution in [2.75, 3.05) is 18.5 Å². The number of nitrogens with one attached hydrogen (secondary N) is 1. The van der Waals surface area contributed by atoms with E-state index in [1.807, 2.05) is 28.7 Å². The largest absolute Gasteiger partial charge is 0.464 e. The van der Waals surface area contributed by atoms with Crippen LogP contribution in [0.5, 0.6) is 0 Å². The molecule has 11 heteroatoms. The fourth-order valence-electron chi connectivity index (χ4n) is 3.73. The van der Waals surface area contributed by atoms with Gasteiger partial charge < -0.3 is 10.0 Å². The van der Waals surface area contributed by atoms with Gasteiger partial charge in [-0.15, -0.1) is 0 Å². The molecule has 0 amide bonds. The first-order chi connectivity index (χ1) is 14.2. The highest BCUT2D eigenvalue weighted by atomic mass is 127. The smallest absolute Gasteiger partial charge is 0.417 e. The van der Waals surface area contributed by atoms with Gasteiger partial charge in [0, 0.05) is 30.0 Å². The van der Waals surface area contributed by atoms with Gasteiger partial charge in [0.05, 0.1) is 20.4 Å². The molecule has 30 heavy (non-hydrogen) atoms. The van der Waals surface area contributed by atoms with E-state index in [4.69, 9.17) is 0 Å². The summed E-state index contributed by atoms with van der Waals surface area (Å²) in [6.45, 7) is 2.97. The Balaban J connectivity index is 1.90. The van der Waals surface area contributed by atoms with Crippen molar-refractivity contribution in [3.05, 3.63) is 34.2 Å². The molecule has 3 aromatic rings. The Bertz CT molecular complexity index is 1260. The average Bonchev–Trinajstić information content (AvgIpc) is 3.30. The molecular formula is C19H20IN5O4S. The van der Waals surface area contributed by atoms with Gasteiger partial charge in [-0.2, -0.15) is 0 Å². The minimum absolute atomic E-state index is 0.149. The third-order valence-electron chi connectivity index (χ3n) is 5.31. The molecule has 1 fully saturated rings. The maximum absolute atomic E-state index is 12.5. The number of anilines is 1. The Morgan fingerprint density at radius 1 is 1.33 bits per heavy atom. The van der Waals surface area contributed by atoms with Crippen LogP contribution in [0.3, 0.4) is 0 Å². The molecule has 1 aliphatic heterocycles. The fraction of sp³-hybridized carbons (Fsp3) is 0.316. The number of fused-ring (bicyclic) bond motifs is 1. The number of hydrogen-bond donors (Lipinski definition) is 2. The van der Waals surface area contributed by atoms with Gasteiger partial charge in [0.25, 0.3) is 0 Å². The zero-order valence-electron chi connectivity index (χ0n) is 16.3. The number of aromatic nitrogens is 3. The van der Waals surface area contributed by atoms with Crippen molar-refractivity contribution in [1.29, 1.82) is 0 Å². The quantitative estimate of drug-likeness (QED) is 0.488. The van der Waals surface area contributed by atoms with E-state index in [-0.39, 0.29) is 10.5 Å². The van der Waals surface area contributed by atoms with E-state index in [2.05, 4.69) is 26.5 Å². The minimum Gasteiger partial charge on any atom is -0.464 e. The Kier molecular flexibility index (Phi) is 5.45. The third kappa shape index (κ3) is 3.65. The summed E-state index contributed by atoms with van der Waals surface area (Å²) in [5.41, 5.74) is 2.58. The number of benzene rings is 1. The molecule has 0 bridgehead atoms. The van der Waals surface area contributed by atoms with Crippen LogP contribution in [0.25, 0.3) is 22.4 Å². The van der Waals surface area contributed by atoms with Crippen LogP contribution in [0.1, 0.15) is 19.8 Å². The second-order valence-corrected chi connectivity index (χ2v) is 10.2. The summed E-state index contributed by atoms with van der Waals surface area (Å²) in [7, 11) is -2.29. The molecule has 0 aliphatic carbocycles. The van der Waals surface area contributed by atoms with Crippen molar-refractivity contribution in [3.8, 4) is 11.3 Å². The molecule has 1 aliphatic rings. The first kappa shape index (κ1) is 21.0. The lowest BCUT2D eigenvalue weighted by Gasteiger charge is -2.25. The van der Waals surface area contributed by atoms with Crippen molar-refractivity contribution in [2.24, 2.45) is 0 Å². The Morgan fingerprint density at radius 2 is 2.10 bits per heavy atom. The van der Waals surface area contributed by atoms with Crippen LogP contribution in [0.2, 0.25) is 0 Å². The predicted octanol–water partition coefficient (Wildman–Crippen LogP) is 3.13. The maximum Gasteiger partial charge on any atom is 0.417 e. The molecule has 1 saturated heterocycles. The van der Waals surface area contributed by atoms with Crippen LogP contribution >= 0.6 is 22.6 Å². The summed E-state index contributed by atoms with van der Waals surface area (Å²) in [5, 5.41) is 9.33. The van der Waals surface area contributed by atoms with Crippen molar-refractivity contribution < 1.29 is 18.3 Å². The third-order valence-corrected chi connectivity index (χ3v) is 7.49. The molecule has 1 aromatic carbocycles. The number of nitrogens with zero attached hydrogens (tertiary/aromatic N) is 4. The van der Waals surface area contributed by atoms with Crippen LogP contribution < -0.4 is 9.62 Å². The highest BCUT2D eigenvalue weighted by molar-refractivity contribution is 14.1. The lowest BCUT2D eigenvalue weighted by atomic mass is 10.1. The molecule has 3 heterocycles. The van der Waals surface area contributed by atoms with E-state index in [1.165, 1.54) is 19.4 Å². The lowest BCUT2D eigenvalue weighted by molar-refractivity contribution is 0.197. The number of carboxylic acid groups (broad SMARTS) is 1. The number of halogens is 1. The highest BCUT2D eigenvalue weighted by Gasteiger charge is 2.24. The van der Waals surface area contributed by atoms with Crippen LogP contribution in [0.4, 0.5) is 10.5 Å². The Morgan fingerprint density at radius 3 is 2.73 bits per heavy atom. The molecule has 158 valence electrons. The fourth-order valence-corrected chi connectivity index (χ4v) is 5.16. The molecule has 2 N–H and O–H groups in total. The van der Waals surface area contributed by atoms with Crippen molar-refractivity contribution in [3.63, 3.8) is 0 Å². The second kappa shape index (κ2) is 7.78. The summed E-state index contributed by atoms with van der Waals surface area (Å²) in [6.07, 6.45) is 3.88. The van der Waals surface area contributed by atoms with E-state index in [0.29, 0.717) is 26.4 Å². The summed E-state index contributed by atoms with van der Waals surface area (Å²) < 4.78 is 29.1. The zero-order valence-corrected chi connectivity index (χ0v) is 19.3. The van der Waals surface area contributed by atoms with Gasteiger partial charge in [-0.3, -0.25) is 0 Å². The highest BCUT2D eigenvalue weighted by Crippen LogP contribution is 2.33. The van der Waals surface area contributed by atoms with Crippen molar-refractivity contribution >= 4 is 55.6 Å². The average molecular weight is 541 g/mol. The van der Waals surface area contributed by atoms with E-state index < -0.39 is 16.1 Å². The number of hydrogen-bond acceptors (Lipinski definition) is 6. The molecule has 0 spiro atoms. The van der Waals surface area contributed by atoms with Gasteiger partial charge in [0.15, 0.2) is 5.65 Å². The molecule has 2 aromatic heterocycles. The molecule has 0 saturated carbocycles. The first-order valence-corrected chi connectivity index (χ1v) is 11.9. The van der Waals surface area contributed by atoms with Crippen LogP contribution in [-0.4, -0.2) is 53.8 Å². The van der Waals surface area contributed by atoms with Gasteiger partial charge in [-0.05, 0) is 67.6 Å². The summed E-state index contributed by atoms with van der Waals surface area (Å²) in [5.74, 6) is 0. The second-order valence-electron chi connectivity index (χ2n) is 7.16. The zero-order chi connectivity index (χ0) is 21.6. The topological polar surface area (TPSA) is 117 Å². The van der Waals surface area contributed by atoms with Gasteiger partial charge in [-0.1, -0.05) is 0 Å². The van der Waals surface area contributed by atoms with Crippen LogP contribution in [0.15, 0.2) is 35.5 Å². The van der Waals surface area contributed by atoms with Crippen LogP contribution in [-0.2, 0) is 10.0 Å². The SMILES string of the molecule is CNS(=O)(=O)c1cc(-c2cnc3c(n2)c(I)cn3C(=O)O)cc(N2CCCC2C)c1. The minimum atomic E-state index is -3.66. The molecule has 4 rings (SSSR count). The first-order valence-electron chi connectivity index (χ1n) is 9.34. The maximum atomic E-state index is 12.5.